The number of nitrogens with zero attached hydrogens (tertiary/aromatic N) is 1. The predicted molar refractivity (Wildman–Crippen MR) is 73.3 cm³/mol. The van der Waals surface area contributed by atoms with Crippen LogP contribution in [0.4, 0.5) is 5.69 Å². The molecule has 96 valence electrons. The minimum Gasteiger partial charge on any atom is -0.474 e. The second-order valence-electron chi connectivity index (χ2n) is 3.38. The molecular formula is C11H11IN2O4. The Kier molecular flexibility index (Phi) is 4.65. The lowest BCUT2D eigenvalue weighted by Gasteiger charge is -2.21. The van der Waals surface area contributed by atoms with E-state index in [1.807, 2.05) is 22.6 Å². The number of anilines is 1. The average molecular weight is 362 g/mol. The topological polar surface area (TPSA) is 101 Å². The van der Waals surface area contributed by atoms with Gasteiger partial charge in [-0.1, -0.05) is 0 Å². The largest absolute Gasteiger partial charge is 0.474 e. The first kappa shape index (κ1) is 14.4. The summed E-state index contributed by atoms with van der Waals surface area (Å²) in [5, 5.41) is 8.72. The maximum Gasteiger partial charge on any atom is 0.394 e. The summed E-state index contributed by atoms with van der Waals surface area (Å²) in [6.45, 7) is 1.75. The molecule has 0 unspecified atom stereocenters. The molecule has 0 fully saturated rings. The van der Waals surface area contributed by atoms with Gasteiger partial charge < -0.3 is 15.7 Å². The van der Waals surface area contributed by atoms with E-state index < -0.39 is 17.8 Å². The third kappa shape index (κ3) is 2.97. The minimum absolute atomic E-state index is 0.123. The van der Waals surface area contributed by atoms with Crippen LogP contribution in [0, 0.1) is 3.57 Å². The molecule has 0 saturated carbocycles. The Morgan fingerprint density at radius 1 is 1.39 bits per heavy atom. The molecule has 1 rings (SSSR count). The van der Waals surface area contributed by atoms with Gasteiger partial charge in [0.25, 0.3) is 5.91 Å². The van der Waals surface area contributed by atoms with Gasteiger partial charge in [0.15, 0.2) is 0 Å². The lowest BCUT2D eigenvalue weighted by Crippen LogP contribution is -2.37. The van der Waals surface area contributed by atoms with Gasteiger partial charge in [-0.15, -0.1) is 0 Å². The lowest BCUT2D eigenvalue weighted by molar-refractivity contribution is -0.148. The van der Waals surface area contributed by atoms with Crippen LogP contribution in [0.15, 0.2) is 18.2 Å². The summed E-state index contributed by atoms with van der Waals surface area (Å²) in [4.78, 5) is 34.5. The molecule has 18 heavy (non-hydrogen) atoms. The lowest BCUT2D eigenvalue weighted by atomic mass is 10.1. The zero-order valence-corrected chi connectivity index (χ0v) is 11.7. The van der Waals surface area contributed by atoms with Gasteiger partial charge in [-0.25, -0.2) is 4.79 Å². The van der Waals surface area contributed by atoms with Crippen LogP contribution in [0.25, 0.3) is 0 Å². The Hall–Kier alpha value is -1.64. The quantitative estimate of drug-likeness (QED) is 0.614. The van der Waals surface area contributed by atoms with Gasteiger partial charge in [0.1, 0.15) is 0 Å². The summed E-state index contributed by atoms with van der Waals surface area (Å²) < 4.78 is 0.768. The van der Waals surface area contributed by atoms with Crippen molar-refractivity contribution in [3.05, 3.63) is 27.3 Å². The van der Waals surface area contributed by atoms with Crippen molar-refractivity contribution in [3.63, 3.8) is 0 Å². The number of hydrogen-bond donors (Lipinski definition) is 2. The molecule has 0 spiro atoms. The van der Waals surface area contributed by atoms with E-state index in [0.717, 1.165) is 8.47 Å². The average Bonchev–Trinajstić information content (AvgIpc) is 2.31. The standard InChI is InChI=1S/C11H11IN2O4/c1-2-14(10(16)11(17)18)8-4-3-6(12)5-7(8)9(13)15/h3-5H,2H2,1H3,(H2,13,15)(H,17,18). The fraction of sp³-hybridized carbons (Fsp3) is 0.182. The summed E-state index contributed by atoms with van der Waals surface area (Å²) in [5.41, 5.74) is 5.55. The van der Waals surface area contributed by atoms with Crippen molar-refractivity contribution < 1.29 is 19.5 Å². The number of hydrogen-bond acceptors (Lipinski definition) is 3. The van der Waals surface area contributed by atoms with Crippen LogP contribution in [-0.4, -0.2) is 29.4 Å². The predicted octanol–water partition coefficient (Wildman–Crippen LogP) is 0.828. The summed E-state index contributed by atoms with van der Waals surface area (Å²) in [5.74, 6) is -3.38. The van der Waals surface area contributed by atoms with Crippen LogP contribution in [0.2, 0.25) is 0 Å². The first-order valence-electron chi connectivity index (χ1n) is 5.02. The monoisotopic (exact) mass is 362 g/mol. The highest BCUT2D eigenvalue weighted by Gasteiger charge is 2.24. The molecule has 0 aliphatic rings. The van der Waals surface area contributed by atoms with Gasteiger partial charge in [-0.2, -0.15) is 0 Å². The Morgan fingerprint density at radius 2 is 2.00 bits per heavy atom. The Bertz CT molecular complexity index is 516. The Balaban J connectivity index is 3.33. The molecule has 0 aliphatic carbocycles. The number of carboxylic acid groups (broad SMARTS) is 1. The Morgan fingerprint density at radius 3 is 2.44 bits per heavy atom. The van der Waals surface area contributed by atoms with Crippen molar-refractivity contribution in [2.24, 2.45) is 5.73 Å². The van der Waals surface area contributed by atoms with E-state index in [0.29, 0.717) is 0 Å². The smallest absolute Gasteiger partial charge is 0.394 e. The van der Waals surface area contributed by atoms with Crippen molar-refractivity contribution in [3.8, 4) is 0 Å². The molecule has 1 aromatic rings. The van der Waals surface area contributed by atoms with Gasteiger partial charge in [0.2, 0.25) is 0 Å². The van der Waals surface area contributed by atoms with Gasteiger partial charge in [-0.05, 0) is 47.7 Å². The van der Waals surface area contributed by atoms with Crippen LogP contribution >= 0.6 is 22.6 Å². The second kappa shape index (κ2) is 5.80. The number of benzene rings is 1. The molecule has 0 aliphatic heterocycles. The van der Waals surface area contributed by atoms with Gasteiger partial charge in [-0.3, -0.25) is 9.59 Å². The first-order valence-corrected chi connectivity index (χ1v) is 6.10. The van der Waals surface area contributed by atoms with Gasteiger partial charge >= 0.3 is 11.9 Å². The summed E-state index contributed by atoms with van der Waals surface area (Å²) >= 11 is 1.99. The molecule has 0 bridgehead atoms. The summed E-state index contributed by atoms with van der Waals surface area (Å²) in [6.07, 6.45) is 0. The number of amides is 2. The van der Waals surface area contributed by atoms with E-state index >= 15 is 0 Å². The van der Waals surface area contributed by atoms with Crippen LogP contribution < -0.4 is 10.6 Å². The summed E-state index contributed by atoms with van der Waals surface area (Å²) in [6, 6.07) is 4.68. The molecule has 0 radical (unpaired) electrons. The van der Waals surface area contributed by atoms with E-state index in [4.69, 9.17) is 10.8 Å². The van der Waals surface area contributed by atoms with E-state index in [-0.39, 0.29) is 17.8 Å². The maximum absolute atomic E-state index is 11.5. The molecule has 6 nitrogen and oxygen atoms in total. The SMILES string of the molecule is CCN(C(=O)C(=O)O)c1ccc(I)cc1C(N)=O. The number of carboxylic acids is 1. The number of nitrogens with two attached hydrogens (primary N) is 1. The van der Waals surface area contributed by atoms with Crippen molar-refractivity contribution in [2.75, 3.05) is 11.4 Å². The zero-order chi connectivity index (χ0) is 13.9. The van der Waals surface area contributed by atoms with Gasteiger partial charge in [0.05, 0.1) is 11.3 Å². The number of halogens is 1. The molecular weight excluding hydrogens is 351 g/mol. The maximum atomic E-state index is 11.5. The number of carbonyl (C=O) groups is 3. The van der Waals surface area contributed by atoms with Crippen molar-refractivity contribution in [1.29, 1.82) is 0 Å². The zero-order valence-electron chi connectivity index (χ0n) is 9.51. The molecule has 0 heterocycles. The number of rotatable bonds is 3. The van der Waals surface area contributed by atoms with Crippen LogP contribution in [-0.2, 0) is 9.59 Å². The van der Waals surface area contributed by atoms with E-state index in [1.54, 1.807) is 13.0 Å². The number of likely N-dealkylation sites (N-methyl/N-ethyl adjacent to an activating group) is 1. The fourth-order valence-corrected chi connectivity index (χ4v) is 1.97. The van der Waals surface area contributed by atoms with Crippen molar-refractivity contribution in [1.82, 2.24) is 0 Å². The molecule has 0 saturated heterocycles. The fourth-order valence-electron chi connectivity index (χ4n) is 1.48. The molecule has 3 N–H and O–H groups in total. The molecule has 1 aromatic carbocycles. The highest BCUT2D eigenvalue weighted by Crippen LogP contribution is 2.23. The number of aliphatic carboxylic acids is 1. The van der Waals surface area contributed by atoms with E-state index in [9.17, 15) is 14.4 Å². The summed E-state index contributed by atoms with van der Waals surface area (Å²) in [7, 11) is 0. The molecule has 7 heteroatoms. The van der Waals surface area contributed by atoms with Crippen LogP contribution in [0.3, 0.4) is 0 Å². The molecule has 0 atom stereocenters. The highest BCUT2D eigenvalue weighted by molar-refractivity contribution is 14.1. The number of carbonyl (C=O) groups excluding carboxylic acids is 2. The van der Waals surface area contributed by atoms with Crippen LogP contribution in [0.1, 0.15) is 17.3 Å². The highest BCUT2D eigenvalue weighted by atomic mass is 127. The molecule has 0 aromatic heterocycles. The van der Waals surface area contributed by atoms with Crippen molar-refractivity contribution in [2.45, 2.75) is 6.92 Å². The molecule has 2 amide bonds. The normalized spacial score (nSPS) is 9.89. The van der Waals surface area contributed by atoms with Crippen molar-refractivity contribution >= 4 is 46.1 Å². The number of primary amides is 1. The van der Waals surface area contributed by atoms with E-state index in [1.165, 1.54) is 12.1 Å². The van der Waals surface area contributed by atoms with Gasteiger partial charge in [0, 0.05) is 10.1 Å². The third-order valence-corrected chi connectivity index (χ3v) is 2.93. The minimum atomic E-state index is -1.58. The van der Waals surface area contributed by atoms with Crippen LogP contribution in [0.5, 0.6) is 0 Å². The third-order valence-electron chi connectivity index (χ3n) is 2.26. The van der Waals surface area contributed by atoms with E-state index in [2.05, 4.69) is 0 Å². The first-order chi connectivity index (χ1) is 8.38. The second-order valence-corrected chi connectivity index (χ2v) is 4.63. The Labute approximate surface area is 117 Å².